The highest BCUT2D eigenvalue weighted by atomic mass is 16.2. The van der Waals surface area contributed by atoms with E-state index in [2.05, 4.69) is 51.9 Å². The second-order valence-corrected chi connectivity index (χ2v) is 8.33. The minimum Gasteiger partial charge on any atom is -0.336 e. The first-order valence-corrected chi connectivity index (χ1v) is 10.1. The maximum absolute atomic E-state index is 13.5. The molecular weight excluding hydrogens is 348 g/mol. The highest BCUT2D eigenvalue weighted by Gasteiger charge is 2.28. The summed E-state index contributed by atoms with van der Waals surface area (Å²) >= 11 is 0. The van der Waals surface area contributed by atoms with Gasteiger partial charge in [0.15, 0.2) is 0 Å². The van der Waals surface area contributed by atoms with Gasteiger partial charge in [-0.3, -0.25) is 9.48 Å². The first kappa shape index (κ1) is 18.7. The summed E-state index contributed by atoms with van der Waals surface area (Å²) in [5.74, 6) is 0.111. The topological polar surface area (TPSA) is 51.0 Å². The lowest BCUT2D eigenvalue weighted by Crippen LogP contribution is -2.33. The van der Waals surface area contributed by atoms with E-state index in [1.807, 2.05) is 28.0 Å². The fourth-order valence-electron chi connectivity index (χ4n) is 4.15. The molecule has 0 spiro atoms. The number of benzene rings is 1. The number of amides is 1. The summed E-state index contributed by atoms with van der Waals surface area (Å²) in [5.41, 5.74) is 5.64. The Morgan fingerprint density at radius 2 is 2.00 bits per heavy atom. The summed E-state index contributed by atoms with van der Waals surface area (Å²) in [4.78, 5) is 20.4. The van der Waals surface area contributed by atoms with E-state index in [4.69, 9.17) is 4.98 Å². The molecule has 0 N–H and O–H groups in total. The van der Waals surface area contributed by atoms with Gasteiger partial charge >= 0.3 is 0 Å². The Morgan fingerprint density at radius 1 is 1.21 bits per heavy atom. The largest absolute Gasteiger partial charge is 0.336 e. The van der Waals surface area contributed by atoms with Gasteiger partial charge in [-0.25, -0.2) is 4.98 Å². The van der Waals surface area contributed by atoms with Crippen molar-refractivity contribution in [2.45, 2.75) is 59.5 Å². The third-order valence-corrected chi connectivity index (χ3v) is 5.72. The van der Waals surface area contributed by atoms with Crippen molar-refractivity contribution in [1.82, 2.24) is 19.7 Å². The monoisotopic (exact) mass is 376 g/mol. The number of carbonyl (C=O) groups is 1. The summed E-state index contributed by atoms with van der Waals surface area (Å²) in [6.07, 6.45) is 5.99. The molecule has 1 aliphatic rings. The molecule has 3 heterocycles. The van der Waals surface area contributed by atoms with Gasteiger partial charge in [0.05, 0.1) is 23.0 Å². The van der Waals surface area contributed by atoms with Crippen molar-refractivity contribution in [3.8, 4) is 11.3 Å². The molecule has 1 saturated heterocycles. The van der Waals surface area contributed by atoms with E-state index in [0.717, 1.165) is 58.2 Å². The molecule has 0 aliphatic carbocycles. The number of hydrogen-bond donors (Lipinski definition) is 0. The number of aryl methyl sites for hydroxylation is 2. The van der Waals surface area contributed by atoms with Crippen LogP contribution in [0.15, 0.2) is 30.6 Å². The van der Waals surface area contributed by atoms with Crippen LogP contribution in [0.25, 0.3) is 22.2 Å². The van der Waals surface area contributed by atoms with Crippen molar-refractivity contribution in [2.75, 3.05) is 6.54 Å². The average molecular weight is 377 g/mol. The van der Waals surface area contributed by atoms with Gasteiger partial charge in [-0.05, 0) is 65.2 Å². The van der Waals surface area contributed by atoms with Crippen LogP contribution in [0.5, 0.6) is 0 Å². The van der Waals surface area contributed by atoms with Crippen molar-refractivity contribution in [3.63, 3.8) is 0 Å². The van der Waals surface area contributed by atoms with Crippen LogP contribution in [0.1, 0.15) is 61.1 Å². The van der Waals surface area contributed by atoms with Gasteiger partial charge in [0, 0.05) is 35.8 Å². The highest BCUT2D eigenvalue weighted by Crippen LogP contribution is 2.30. The van der Waals surface area contributed by atoms with Crippen LogP contribution < -0.4 is 0 Å². The molecule has 0 saturated carbocycles. The summed E-state index contributed by atoms with van der Waals surface area (Å²) < 4.78 is 1.92. The lowest BCUT2D eigenvalue weighted by atomic mass is 9.99. The van der Waals surface area contributed by atoms with Gasteiger partial charge < -0.3 is 4.90 Å². The van der Waals surface area contributed by atoms with E-state index in [1.165, 1.54) is 0 Å². The van der Waals surface area contributed by atoms with Crippen molar-refractivity contribution in [2.24, 2.45) is 0 Å². The number of carbonyl (C=O) groups excluding carboxylic acids is 1. The molecule has 1 aromatic carbocycles. The van der Waals surface area contributed by atoms with Crippen LogP contribution in [-0.2, 0) is 0 Å². The maximum atomic E-state index is 13.5. The van der Waals surface area contributed by atoms with Crippen LogP contribution in [0, 0.1) is 13.8 Å². The second-order valence-electron chi connectivity index (χ2n) is 8.33. The van der Waals surface area contributed by atoms with Gasteiger partial charge in [-0.15, -0.1) is 0 Å². The molecule has 1 atom stereocenters. The van der Waals surface area contributed by atoms with E-state index >= 15 is 0 Å². The zero-order valence-corrected chi connectivity index (χ0v) is 17.4. The number of likely N-dealkylation sites (tertiary alicyclic amines) is 1. The van der Waals surface area contributed by atoms with Crippen LogP contribution >= 0.6 is 0 Å². The highest BCUT2D eigenvalue weighted by molar-refractivity contribution is 6.08. The molecule has 5 nitrogen and oxygen atoms in total. The Balaban J connectivity index is 1.91. The number of fused-ring (bicyclic) bond motifs is 1. The van der Waals surface area contributed by atoms with Crippen LogP contribution in [-0.4, -0.2) is 38.2 Å². The zero-order valence-electron chi connectivity index (χ0n) is 17.4. The molecule has 4 rings (SSSR count). The van der Waals surface area contributed by atoms with Crippen molar-refractivity contribution < 1.29 is 4.79 Å². The van der Waals surface area contributed by atoms with Gasteiger partial charge in [0.2, 0.25) is 0 Å². The number of aromatic nitrogens is 3. The summed E-state index contributed by atoms with van der Waals surface area (Å²) in [6, 6.07) is 6.74. The third-order valence-electron chi connectivity index (χ3n) is 5.72. The van der Waals surface area contributed by atoms with Gasteiger partial charge in [0.1, 0.15) is 0 Å². The molecular formula is C23H28N4O. The van der Waals surface area contributed by atoms with Gasteiger partial charge in [-0.1, -0.05) is 11.6 Å². The lowest BCUT2D eigenvalue weighted by molar-refractivity contribution is 0.0749. The van der Waals surface area contributed by atoms with Gasteiger partial charge in [0.25, 0.3) is 5.91 Å². The van der Waals surface area contributed by atoms with Crippen LogP contribution in [0.2, 0.25) is 0 Å². The molecule has 5 heteroatoms. The zero-order chi connectivity index (χ0) is 20.0. The maximum Gasteiger partial charge on any atom is 0.254 e. The average Bonchev–Trinajstić information content (AvgIpc) is 3.29. The molecule has 28 heavy (non-hydrogen) atoms. The van der Waals surface area contributed by atoms with Crippen molar-refractivity contribution in [1.29, 1.82) is 0 Å². The standard InChI is InChI=1S/C23H28N4O/c1-14(2)27-13-18(12-24-27)21-11-20(23(28)26-8-6-7-17(26)5)19-10-15(3)9-16(4)22(19)25-21/h9-14,17H,6-8H2,1-5H3/t17-/m1/s1. The van der Waals surface area contributed by atoms with E-state index in [-0.39, 0.29) is 18.0 Å². The van der Waals surface area contributed by atoms with Gasteiger partial charge in [-0.2, -0.15) is 5.10 Å². The Labute approximate surface area is 166 Å². The molecule has 1 amide bonds. The first-order valence-electron chi connectivity index (χ1n) is 10.1. The van der Waals surface area contributed by atoms with Crippen molar-refractivity contribution in [3.05, 3.63) is 47.3 Å². The molecule has 1 fully saturated rings. The van der Waals surface area contributed by atoms with E-state index < -0.39 is 0 Å². The Morgan fingerprint density at radius 3 is 2.64 bits per heavy atom. The Hall–Kier alpha value is -2.69. The summed E-state index contributed by atoms with van der Waals surface area (Å²) in [5, 5.41) is 5.40. The van der Waals surface area contributed by atoms with E-state index in [9.17, 15) is 4.79 Å². The normalized spacial score (nSPS) is 17.1. The first-order chi connectivity index (χ1) is 13.3. The summed E-state index contributed by atoms with van der Waals surface area (Å²) in [6.45, 7) is 11.3. The van der Waals surface area contributed by atoms with E-state index in [0.29, 0.717) is 0 Å². The second kappa shape index (κ2) is 7.04. The molecule has 0 radical (unpaired) electrons. The fourth-order valence-corrected chi connectivity index (χ4v) is 4.15. The third kappa shape index (κ3) is 3.19. The molecule has 1 aliphatic heterocycles. The fraction of sp³-hybridized carbons (Fsp3) is 0.435. The van der Waals surface area contributed by atoms with E-state index in [1.54, 1.807) is 0 Å². The van der Waals surface area contributed by atoms with Crippen LogP contribution in [0.4, 0.5) is 0 Å². The SMILES string of the molecule is Cc1cc(C)c2nc(-c3cnn(C(C)C)c3)cc(C(=O)N3CCC[C@H]3C)c2c1. The Kier molecular flexibility index (Phi) is 4.69. The minimum atomic E-state index is 0.111. The molecule has 0 unspecified atom stereocenters. The number of nitrogens with zero attached hydrogens (tertiary/aromatic N) is 4. The lowest BCUT2D eigenvalue weighted by Gasteiger charge is -2.23. The predicted octanol–water partition coefficient (Wildman–Crippen LogP) is 4.92. The summed E-state index contributed by atoms with van der Waals surface area (Å²) in [7, 11) is 0. The Bertz CT molecular complexity index is 1050. The number of pyridine rings is 1. The number of rotatable bonds is 3. The smallest absolute Gasteiger partial charge is 0.254 e. The molecule has 0 bridgehead atoms. The quantitative estimate of drug-likeness (QED) is 0.652. The predicted molar refractivity (Wildman–Crippen MR) is 113 cm³/mol. The van der Waals surface area contributed by atoms with Crippen LogP contribution in [0.3, 0.4) is 0 Å². The molecule has 2 aromatic heterocycles. The van der Waals surface area contributed by atoms with Crippen molar-refractivity contribution >= 4 is 16.8 Å². The minimum absolute atomic E-state index is 0.111. The molecule has 3 aromatic rings. The number of hydrogen-bond acceptors (Lipinski definition) is 3. The molecule has 146 valence electrons.